The number of carbonyl (C=O) groups excluding carboxylic acids is 1. The van der Waals surface area contributed by atoms with Gasteiger partial charge in [-0.05, 0) is 36.8 Å². The summed E-state index contributed by atoms with van der Waals surface area (Å²) in [4.78, 5) is 20.6. The van der Waals surface area contributed by atoms with Crippen LogP contribution in [0.3, 0.4) is 0 Å². The van der Waals surface area contributed by atoms with Gasteiger partial charge in [0.2, 0.25) is 15.9 Å². The van der Waals surface area contributed by atoms with Crippen molar-refractivity contribution in [3.63, 3.8) is 0 Å². The molecule has 1 unspecified atom stereocenters. The second kappa shape index (κ2) is 8.37. The van der Waals surface area contributed by atoms with Crippen molar-refractivity contribution in [3.8, 4) is 0 Å². The van der Waals surface area contributed by atoms with Gasteiger partial charge in [0.25, 0.3) is 0 Å². The fourth-order valence-corrected chi connectivity index (χ4v) is 5.38. The SMILES string of the molecule is O=C1C(N2CCN(S(=O)(=O)c3ccc(F)c(F)c3)CC2)CCN1Cc1ccccn1. The van der Waals surface area contributed by atoms with E-state index in [1.54, 1.807) is 11.1 Å². The number of piperazine rings is 1. The third-order valence-corrected chi connectivity index (χ3v) is 7.49. The highest BCUT2D eigenvalue weighted by Crippen LogP contribution is 2.24. The van der Waals surface area contributed by atoms with Crippen molar-refractivity contribution >= 4 is 15.9 Å². The highest BCUT2D eigenvalue weighted by Gasteiger charge is 2.39. The number of benzene rings is 1. The molecule has 1 atom stereocenters. The molecular formula is C20H22F2N4O3S. The molecule has 3 heterocycles. The van der Waals surface area contributed by atoms with Crippen molar-refractivity contribution in [1.29, 1.82) is 0 Å². The number of hydrogen-bond donors (Lipinski definition) is 0. The molecular weight excluding hydrogens is 414 g/mol. The van der Waals surface area contributed by atoms with Gasteiger partial charge in [0.15, 0.2) is 11.6 Å². The number of sulfonamides is 1. The highest BCUT2D eigenvalue weighted by molar-refractivity contribution is 7.89. The summed E-state index contributed by atoms with van der Waals surface area (Å²) in [5.41, 5.74) is 0.828. The van der Waals surface area contributed by atoms with E-state index in [4.69, 9.17) is 0 Å². The zero-order valence-electron chi connectivity index (χ0n) is 16.2. The van der Waals surface area contributed by atoms with Crippen LogP contribution in [0.15, 0.2) is 47.5 Å². The topological polar surface area (TPSA) is 73.8 Å². The minimum atomic E-state index is -3.92. The Labute approximate surface area is 174 Å². The van der Waals surface area contributed by atoms with E-state index in [0.29, 0.717) is 38.7 Å². The molecule has 0 saturated carbocycles. The molecule has 160 valence electrons. The lowest BCUT2D eigenvalue weighted by Gasteiger charge is -2.36. The summed E-state index contributed by atoms with van der Waals surface area (Å²) in [6, 6.07) is 7.89. The maximum atomic E-state index is 13.5. The molecule has 4 rings (SSSR count). The van der Waals surface area contributed by atoms with E-state index in [1.807, 2.05) is 23.1 Å². The van der Waals surface area contributed by atoms with Crippen LogP contribution >= 0.6 is 0 Å². The fraction of sp³-hybridized carbons (Fsp3) is 0.400. The molecule has 2 saturated heterocycles. The molecule has 2 fully saturated rings. The monoisotopic (exact) mass is 436 g/mol. The first-order valence-corrected chi connectivity index (χ1v) is 11.2. The highest BCUT2D eigenvalue weighted by atomic mass is 32.2. The molecule has 1 aromatic carbocycles. The van der Waals surface area contributed by atoms with Gasteiger partial charge < -0.3 is 4.90 Å². The van der Waals surface area contributed by atoms with E-state index in [1.165, 1.54) is 4.31 Å². The van der Waals surface area contributed by atoms with Crippen molar-refractivity contribution in [2.75, 3.05) is 32.7 Å². The van der Waals surface area contributed by atoms with Crippen LogP contribution in [-0.4, -0.2) is 72.2 Å². The van der Waals surface area contributed by atoms with Crippen molar-refractivity contribution in [3.05, 3.63) is 59.9 Å². The molecule has 2 aliphatic heterocycles. The summed E-state index contributed by atoms with van der Waals surface area (Å²) >= 11 is 0. The number of aromatic nitrogens is 1. The van der Waals surface area contributed by atoms with Crippen LogP contribution in [0.1, 0.15) is 12.1 Å². The van der Waals surface area contributed by atoms with E-state index in [-0.39, 0.29) is 29.9 Å². The van der Waals surface area contributed by atoms with Crippen LogP contribution in [-0.2, 0) is 21.4 Å². The molecule has 2 aliphatic rings. The maximum absolute atomic E-state index is 13.5. The predicted molar refractivity (Wildman–Crippen MR) is 105 cm³/mol. The Balaban J connectivity index is 1.37. The quantitative estimate of drug-likeness (QED) is 0.710. The summed E-state index contributed by atoms with van der Waals surface area (Å²) in [5.74, 6) is -2.26. The lowest BCUT2D eigenvalue weighted by Crippen LogP contribution is -2.53. The Morgan fingerprint density at radius 1 is 1.00 bits per heavy atom. The molecule has 1 aromatic heterocycles. The third kappa shape index (κ3) is 4.07. The van der Waals surface area contributed by atoms with Gasteiger partial charge in [-0.3, -0.25) is 14.7 Å². The van der Waals surface area contributed by atoms with E-state index >= 15 is 0 Å². The minimum Gasteiger partial charge on any atom is -0.335 e. The molecule has 0 bridgehead atoms. The third-order valence-electron chi connectivity index (χ3n) is 5.59. The van der Waals surface area contributed by atoms with Crippen molar-refractivity contribution < 1.29 is 22.0 Å². The van der Waals surface area contributed by atoms with Gasteiger partial charge in [-0.15, -0.1) is 0 Å². The van der Waals surface area contributed by atoms with Crippen LogP contribution < -0.4 is 0 Å². The van der Waals surface area contributed by atoms with Crippen LogP contribution in [0.2, 0.25) is 0 Å². The molecule has 30 heavy (non-hydrogen) atoms. The normalized spacial score (nSPS) is 21.3. The average Bonchev–Trinajstić information content (AvgIpc) is 3.11. The van der Waals surface area contributed by atoms with Gasteiger partial charge in [-0.2, -0.15) is 4.31 Å². The standard InChI is InChI=1S/C20H22F2N4O3S/c21-17-5-4-16(13-18(17)22)30(28,29)26-11-9-24(10-12-26)19-6-8-25(20(19)27)14-15-3-1-2-7-23-15/h1-5,7,13,19H,6,8-12,14H2. The van der Waals surface area contributed by atoms with E-state index in [0.717, 1.165) is 17.8 Å². The Morgan fingerprint density at radius 2 is 1.77 bits per heavy atom. The molecule has 7 nitrogen and oxygen atoms in total. The molecule has 0 radical (unpaired) electrons. The van der Waals surface area contributed by atoms with E-state index in [2.05, 4.69) is 4.98 Å². The van der Waals surface area contributed by atoms with Crippen LogP contribution in [0.4, 0.5) is 8.78 Å². The second-order valence-electron chi connectivity index (χ2n) is 7.40. The summed E-state index contributed by atoms with van der Waals surface area (Å²) in [6.45, 7) is 2.26. The summed E-state index contributed by atoms with van der Waals surface area (Å²) in [5, 5.41) is 0. The van der Waals surface area contributed by atoms with E-state index < -0.39 is 21.7 Å². The average molecular weight is 436 g/mol. The molecule has 2 aromatic rings. The van der Waals surface area contributed by atoms with Crippen LogP contribution in [0.25, 0.3) is 0 Å². The maximum Gasteiger partial charge on any atom is 0.243 e. The zero-order chi connectivity index (χ0) is 21.3. The number of amides is 1. The summed E-state index contributed by atoms with van der Waals surface area (Å²) < 4.78 is 53.3. The minimum absolute atomic E-state index is 0.0255. The summed E-state index contributed by atoms with van der Waals surface area (Å²) in [6.07, 6.45) is 2.38. The largest absolute Gasteiger partial charge is 0.335 e. The number of hydrogen-bond acceptors (Lipinski definition) is 5. The number of pyridine rings is 1. The molecule has 0 N–H and O–H groups in total. The van der Waals surface area contributed by atoms with E-state index in [9.17, 15) is 22.0 Å². The fourth-order valence-electron chi connectivity index (χ4n) is 3.95. The first-order valence-electron chi connectivity index (χ1n) is 9.74. The number of rotatable bonds is 5. The molecule has 0 aliphatic carbocycles. The van der Waals surface area contributed by atoms with Gasteiger partial charge >= 0.3 is 0 Å². The molecule has 0 spiro atoms. The van der Waals surface area contributed by atoms with Gasteiger partial charge in [0, 0.05) is 38.9 Å². The summed E-state index contributed by atoms with van der Waals surface area (Å²) in [7, 11) is -3.92. The Hall–Kier alpha value is -2.43. The smallest absolute Gasteiger partial charge is 0.243 e. The number of halogens is 2. The first-order chi connectivity index (χ1) is 14.4. The van der Waals surface area contributed by atoms with Crippen molar-refractivity contribution in [2.24, 2.45) is 0 Å². The Kier molecular flexibility index (Phi) is 5.81. The lowest BCUT2D eigenvalue weighted by atomic mass is 10.2. The molecule has 1 amide bonds. The van der Waals surface area contributed by atoms with Gasteiger partial charge in [-0.25, -0.2) is 17.2 Å². The number of carbonyl (C=O) groups is 1. The van der Waals surface area contributed by atoms with Gasteiger partial charge in [0.1, 0.15) is 0 Å². The molecule has 10 heteroatoms. The predicted octanol–water partition coefficient (Wildman–Crippen LogP) is 1.47. The zero-order valence-corrected chi connectivity index (χ0v) is 17.1. The lowest BCUT2D eigenvalue weighted by molar-refractivity contribution is -0.133. The van der Waals surface area contributed by atoms with Gasteiger partial charge in [-0.1, -0.05) is 6.07 Å². The number of likely N-dealkylation sites (tertiary alicyclic amines) is 1. The first kappa shape index (κ1) is 20.8. The van der Waals surface area contributed by atoms with Crippen molar-refractivity contribution in [1.82, 2.24) is 19.1 Å². The second-order valence-corrected chi connectivity index (χ2v) is 9.34. The van der Waals surface area contributed by atoms with Gasteiger partial charge in [0.05, 0.1) is 23.2 Å². The Bertz CT molecular complexity index is 1030. The van der Waals surface area contributed by atoms with Crippen LogP contribution in [0, 0.1) is 11.6 Å². The number of nitrogens with zero attached hydrogens (tertiary/aromatic N) is 4. The Morgan fingerprint density at radius 3 is 2.43 bits per heavy atom. The van der Waals surface area contributed by atoms with Crippen molar-refractivity contribution in [2.45, 2.75) is 23.9 Å². The van der Waals surface area contributed by atoms with Crippen LogP contribution in [0.5, 0.6) is 0 Å².